The molecule has 0 bridgehead atoms. The number of methoxy groups -OCH3 is 1. The highest BCUT2D eigenvalue weighted by molar-refractivity contribution is 5.99. The average Bonchev–Trinajstić information content (AvgIpc) is 3.11. The minimum Gasteiger partial charge on any atom is -0.454 e. The van der Waals surface area contributed by atoms with Crippen LogP contribution in [0.5, 0.6) is 0 Å². The number of ketones is 1. The molecule has 0 spiro atoms. The van der Waals surface area contributed by atoms with Gasteiger partial charge in [-0.15, -0.1) is 0 Å². The molecule has 27 heavy (non-hydrogen) atoms. The number of rotatable bonds is 6. The first kappa shape index (κ1) is 19.3. The maximum atomic E-state index is 12.9. The normalized spacial score (nSPS) is 20.9. The van der Waals surface area contributed by atoms with Crippen LogP contribution >= 0.6 is 0 Å². The van der Waals surface area contributed by atoms with E-state index in [2.05, 4.69) is 5.32 Å². The van der Waals surface area contributed by atoms with Gasteiger partial charge in [-0.3, -0.25) is 9.59 Å². The van der Waals surface area contributed by atoms with Gasteiger partial charge in [0.05, 0.1) is 11.7 Å². The fourth-order valence-corrected chi connectivity index (χ4v) is 3.46. The molecule has 1 atom stereocenters. The summed E-state index contributed by atoms with van der Waals surface area (Å²) in [5.74, 6) is -0.0888. The van der Waals surface area contributed by atoms with Gasteiger partial charge in [-0.2, -0.15) is 0 Å². The summed E-state index contributed by atoms with van der Waals surface area (Å²) in [5, 5.41) is 12.6. The number of hydrogen-bond donors (Lipinski definition) is 2. The van der Waals surface area contributed by atoms with Crippen molar-refractivity contribution in [1.82, 2.24) is 5.32 Å². The van der Waals surface area contributed by atoms with E-state index in [9.17, 15) is 14.7 Å². The SMILES string of the molecule is CO[C@@H](c1ccccc1)c1oc(C(C)=O)cc1C(=O)NC1CCC(O)CC1. The van der Waals surface area contributed by atoms with Gasteiger partial charge in [0.15, 0.2) is 17.3 Å². The topological polar surface area (TPSA) is 88.8 Å². The predicted molar refractivity (Wildman–Crippen MR) is 99.7 cm³/mol. The van der Waals surface area contributed by atoms with Crippen LogP contribution in [0.2, 0.25) is 0 Å². The summed E-state index contributed by atoms with van der Waals surface area (Å²) in [7, 11) is 1.54. The highest BCUT2D eigenvalue weighted by Crippen LogP contribution is 2.31. The Bertz CT molecular complexity index is 790. The Morgan fingerprint density at radius 2 is 1.85 bits per heavy atom. The van der Waals surface area contributed by atoms with E-state index in [1.807, 2.05) is 30.3 Å². The van der Waals surface area contributed by atoms with Gasteiger partial charge >= 0.3 is 0 Å². The van der Waals surface area contributed by atoms with Gasteiger partial charge < -0.3 is 19.6 Å². The number of ether oxygens (including phenoxy) is 1. The lowest BCUT2D eigenvalue weighted by Gasteiger charge is -2.26. The molecule has 3 rings (SSSR count). The lowest BCUT2D eigenvalue weighted by atomic mass is 9.93. The van der Waals surface area contributed by atoms with E-state index >= 15 is 0 Å². The number of aliphatic hydroxyl groups excluding tert-OH is 1. The molecule has 1 aromatic heterocycles. The molecule has 0 aliphatic heterocycles. The zero-order chi connectivity index (χ0) is 19.4. The summed E-state index contributed by atoms with van der Waals surface area (Å²) in [6.45, 7) is 1.40. The number of amides is 1. The Morgan fingerprint density at radius 3 is 2.44 bits per heavy atom. The molecule has 1 aliphatic carbocycles. The van der Waals surface area contributed by atoms with Gasteiger partial charge in [0.2, 0.25) is 0 Å². The monoisotopic (exact) mass is 371 g/mol. The molecule has 144 valence electrons. The number of hydrogen-bond acceptors (Lipinski definition) is 5. The quantitative estimate of drug-likeness (QED) is 0.761. The van der Waals surface area contributed by atoms with Gasteiger partial charge in [0.25, 0.3) is 5.91 Å². The molecule has 1 saturated carbocycles. The van der Waals surface area contributed by atoms with E-state index in [4.69, 9.17) is 9.15 Å². The Morgan fingerprint density at radius 1 is 1.19 bits per heavy atom. The Kier molecular flexibility index (Phi) is 6.08. The van der Waals surface area contributed by atoms with Crippen LogP contribution in [0.25, 0.3) is 0 Å². The van der Waals surface area contributed by atoms with Crippen molar-refractivity contribution in [1.29, 1.82) is 0 Å². The zero-order valence-corrected chi connectivity index (χ0v) is 15.6. The Labute approximate surface area is 158 Å². The zero-order valence-electron chi connectivity index (χ0n) is 15.6. The van der Waals surface area contributed by atoms with Crippen LogP contribution in [0.3, 0.4) is 0 Å². The first-order valence-corrected chi connectivity index (χ1v) is 9.21. The summed E-state index contributed by atoms with van der Waals surface area (Å²) in [4.78, 5) is 24.7. The predicted octanol–water partition coefficient (Wildman–Crippen LogP) is 3.25. The van der Waals surface area contributed by atoms with Crippen molar-refractivity contribution < 1.29 is 23.8 Å². The molecule has 2 N–H and O–H groups in total. The lowest BCUT2D eigenvalue weighted by molar-refractivity contribution is 0.0843. The van der Waals surface area contributed by atoms with E-state index in [-0.39, 0.29) is 29.6 Å². The fraction of sp³-hybridized carbons (Fsp3) is 0.429. The summed E-state index contributed by atoms with van der Waals surface area (Å²) >= 11 is 0. The van der Waals surface area contributed by atoms with Crippen LogP contribution in [0.15, 0.2) is 40.8 Å². The Hall–Kier alpha value is -2.44. The molecule has 0 radical (unpaired) electrons. The van der Waals surface area contributed by atoms with Crippen molar-refractivity contribution >= 4 is 11.7 Å². The molecule has 1 heterocycles. The van der Waals surface area contributed by atoms with Gasteiger partial charge in [0.1, 0.15) is 6.10 Å². The lowest BCUT2D eigenvalue weighted by Crippen LogP contribution is -2.38. The van der Waals surface area contributed by atoms with E-state index < -0.39 is 6.10 Å². The van der Waals surface area contributed by atoms with Crippen molar-refractivity contribution in [3.8, 4) is 0 Å². The van der Waals surface area contributed by atoms with Crippen molar-refractivity contribution in [2.24, 2.45) is 0 Å². The minimum atomic E-state index is -0.590. The average molecular weight is 371 g/mol. The van der Waals surface area contributed by atoms with Gasteiger partial charge in [-0.25, -0.2) is 0 Å². The molecule has 0 saturated heterocycles. The van der Waals surface area contributed by atoms with Crippen molar-refractivity contribution in [2.45, 2.75) is 50.9 Å². The third-order valence-electron chi connectivity index (χ3n) is 4.96. The number of Topliss-reactive ketones (excluding diaryl/α,β-unsaturated/α-hetero) is 1. The molecule has 1 fully saturated rings. The van der Waals surface area contributed by atoms with Crippen LogP contribution in [0.4, 0.5) is 0 Å². The summed E-state index contributed by atoms with van der Waals surface area (Å²) in [5.41, 5.74) is 1.14. The number of furan rings is 1. The van der Waals surface area contributed by atoms with E-state index in [1.165, 1.54) is 20.1 Å². The maximum Gasteiger partial charge on any atom is 0.255 e. The second-order valence-electron chi connectivity index (χ2n) is 6.95. The second kappa shape index (κ2) is 8.50. The molecule has 0 unspecified atom stereocenters. The summed E-state index contributed by atoms with van der Waals surface area (Å²) in [6.07, 6.45) is 1.92. The molecule has 1 aliphatic rings. The number of carbonyl (C=O) groups excluding carboxylic acids is 2. The number of aliphatic hydroxyl groups is 1. The second-order valence-corrected chi connectivity index (χ2v) is 6.95. The molecule has 6 heteroatoms. The van der Waals surface area contributed by atoms with Crippen molar-refractivity contribution in [3.63, 3.8) is 0 Å². The molecular formula is C21H25NO5. The summed E-state index contributed by atoms with van der Waals surface area (Å²) < 4.78 is 11.3. The number of nitrogens with one attached hydrogen (secondary N) is 1. The largest absolute Gasteiger partial charge is 0.454 e. The standard InChI is InChI=1S/C21H25NO5/c1-13(23)18-12-17(21(25)22-15-8-10-16(24)11-9-15)20(27-18)19(26-2)14-6-4-3-5-7-14/h3-7,12,15-16,19,24H,8-11H2,1-2H3,(H,22,25)/t15?,16?,19-/m0/s1. The smallest absolute Gasteiger partial charge is 0.255 e. The minimum absolute atomic E-state index is 0.00199. The molecule has 1 aromatic carbocycles. The molecule has 2 aromatic rings. The molecular weight excluding hydrogens is 346 g/mol. The van der Waals surface area contributed by atoms with Gasteiger partial charge in [-0.05, 0) is 31.2 Å². The molecule has 1 amide bonds. The third-order valence-corrected chi connectivity index (χ3v) is 4.96. The first-order chi connectivity index (χ1) is 13.0. The van der Waals surface area contributed by atoms with E-state index in [1.54, 1.807) is 0 Å². The molecule has 6 nitrogen and oxygen atoms in total. The van der Waals surface area contributed by atoms with Crippen molar-refractivity contribution in [2.75, 3.05) is 7.11 Å². The summed E-state index contributed by atoms with van der Waals surface area (Å²) in [6, 6.07) is 10.9. The number of benzene rings is 1. The maximum absolute atomic E-state index is 12.9. The van der Waals surface area contributed by atoms with Crippen LogP contribution < -0.4 is 5.32 Å². The highest BCUT2D eigenvalue weighted by Gasteiger charge is 2.29. The van der Waals surface area contributed by atoms with E-state index in [0.717, 1.165) is 18.4 Å². The Balaban J connectivity index is 1.89. The highest BCUT2D eigenvalue weighted by atomic mass is 16.5. The van der Waals surface area contributed by atoms with E-state index in [0.29, 0.717) is 24.2 Å². The van der Waals surface area contributed by atoms with Crippen molar-refractivity contribution in [3.05, 3.63) is 59.0 Å². The first-order valence-electron chi connectivity index (χ1n) is 9.21. The van der Waals surface area contributed by atoms with Crippen LogP contribution in [-0.2, 0) is 4.74 Å². The van der Waals surface area contributed by atoms with Crippen LogP contribution in [0, 0.1) is 0 Å². The van der Waals surface area contributed by atoms with Crippen LogP contribution in [-0.4, -0.2) is 36.1 Å². The third kappa shape index (κ3) is 4.46. The fourth-order valence-electron chi connectivity index (χ4n) is 3.46. The van der Waals surface area contributed by atoms with Gasteiger partial charge in [-0.1, -0.05) is 30.3 Å². The van der Waals surface area contributed by atoms with Gasteiger partial charge in [0, 0.05) is 26.1 Å². The number of carbonyl (C=O) groups is 2. The van der Waals surface area contributed by atoms with Crippen LogP contribution in [0.1, 0.15) is 70.9 Å².